The number of aliphatic hydroxyl groups is 8. The van der Waals surface area contributed by atoms with E-state index in [4.69, 9.17) is 24.4 Å². The second kappa shape index (κ2) is 13.7. The van der Waals surface area contributed by atoms with Gasteiger partial charge < -0.3 is 65.7 Å². The van der Waals surface area contributed by atoms with Gasteiger partial charge in [0.05, 0.1) is 31.4 Å². The molecule has 17 heteroatoms. The molecular formula is C23H36N2O15. The molecule has 10 unspecified atom stereocenters. The number of ether oxygens (including phenoxy) is 3. The van der Waals surface area contributed by atoms with Crippen molar-refractivity contribution in [2.24, 2.45) is 0 Å². The summed E-state index contributed by atoms with van der Waals surface area (Å²) >= 11 is 0. The maximum atomic E-state index is 11.6. The molecule has 0 spiro atoms. The summed E-state index contributed by atoms with van der Waals surface area (Å²) in [4.78, 5) is 45.3. The number of hydrogen-bond acceptors (Lipinski definition) is 15. The molecule has 0 radical (unpaired) electrons. The smallest absolute Gasteiger partial charge is 0.367 e. The molecule has 3 heterocycles. The molecule has 2 saturated heterocycles. The van der Waals surface area contributed by atoms with Crippen LogP contribution in [-0.4, -0.2) is 145 Å². The molecule has 3 aliphatic heterocycles. The monoisotopic (exact) mass is 580 g/mol. The standard InChI is InChI=1S/C12H19NO7.C11H17NO8/c1-5-3-8(20-12(5)19)9(13-6(2)15)11(18)10(17)7(16)4-14;1-4(14)12-7-5(15)2-11(18)10(17)19-8(6(16)3-13)9(7)20-11/h3,7-11,14,16-18H,4H2,1-2H3,(H,13,15);5-9,13,15-16,18H,2-3H2,1H3,(H,12,14)/t;5?,6?,7?,8?,9?,11-/m.1/s1. The van der Waals surface area contributed by atoms with E-state index in [1.54, 1.807) is 0 Å². The van der Waals surface area contributed by atoms with E-state index in [2.05, 4.69) is 10.6 Å². The van der Waals surface area contributed by atoms with Gasteiger partial charge in [0.2, 0.25) is 11.8 Å². The van der Waals surface area contributed by atoms with Crippen LogP contribution in [0.25, 0.3) is 0 Å². The second-order valence-electron chi connectivity index (χ2n) is 9.66. The topological polar surface area (TPSA) is 282 Å². The van der Waals surface area contributed by atoms with Gasteiger partial charge in [0.1, 0.15) is 36.6 Å². The van der Waals surface area contributed by atoms with Gasteiger partial charge in [-0.25, -0.2) is 9.59 Å². The van der Waals surface area contributed by atoms with E-state index in [0.717, 1.165) is 0 Å². The Bertz CT molecular complexity index is 974. The first kappa shape index (κ1) is 33.5. The Kier molecular flexibility index (Phi) is 11.5. The molecular weight excluding hydrogens is 544 g/mol. The van der Waals surface area contributed by atoms with Crippen molar-refractivity contribution in [1.82, 2.24) is 10.6 Å². The molecule has 0 saturated carbocycles. The Hall–Kier alpha value is -2.74. The fourth-order valence-corrected chi connectivity index (χ4v) is 4.36. The van der Waals surface area contributed by atoms with Gasteiger partial charge in [0.15, 0.2) is 6.10 Å². The highest BCUT2D eigenvalue weighted by atomic mass is 16.7. The lowest BCUT2D eigenvalue weighted by Crippen LogP contribution is -2.71. The summed E-state index contributed by atoms with van der Waals surface area (Å²) in [7, 11) is 0. The van der Waals surface area contributed by atoms with E-state index >= 15 is 0 Å². The molecule has 2 bridgehead atoms. The number of aliphatic hydroxyl groups excluding tert-OH is 7. The normalized spacial score (nSPS) is 33.1. The van der Waals surface area contributed by atoms with E-state index in [0.29, 0.717) is 5.57 Å². The molecule has 2 fully saturated rings. The molecule has 3 rings (SSSR count). The molecule has 0 aromatic heterocycles. The van der Waals surface area contributed by atoms with Crippen LogP contribution in [0, 0.1) is 0 Å². The van der Waals surface area contributed by atoms with Crippen LogP contribution in [0.1, 0.15) is 27.2 Å². The molecule has 11 atom stereocenters. The fourth-order valence-electron chi connectivity index (χ4n) is 4.36. The van der Waals surface area contributed by atoms with Crippen LogP contribution in [0.5, 0.6) is 0 Å². The lowest BCUT2D eigenvalue weighted by molar-refractivity contribution is -0.330. The van der Waals surface area contributed by atoms with Crippen molar-refractivity contribution in [2.75, 3.05) is 13.2 Å². The summed E-state index contributed by atoms with van der Waals surface area (Å²) in [5.74, 6) is -5.02. The van der Waals surface area contributed by atoms with E-state index < -0.39 is 110 Å². The SMILES string of the molecule is CC(=O)NC(C1C=C(C)C(=O)O1)C(O)C(O)C(O)CO.CC(=O)NC1C(O)C[C@@]2(O)OC1C(C(O)CO)OC2=O. The van der Waals surface area contributed by atoms with Gasteiger partial charge in [0, 0.05) is 25.8 Å². The Morgan fingerprint density at radius 1 is 1.05 bits per heavy atom. The lowest BCUT2D eigenvalue weighted by atomic mass is 9.86. The summed E-state index contributed by atoms with van der Waals surface area (Å²) in [6, 6.07) is -2.11. The van der Waals surface area contributed by atoms with Gasteiger partial charge in [0.25, 0.3) is 5.79 Å². The number of fused-ring (bicyclic) bond motifs is 2. The zero-order valence-electron chi connectivity index (χ0n) is 21.9. The molecule has 0 aromatic rings. The van der Waals surface area contributed by atoms with Crippen LogP contribution in [0.4, 0.5) is 0 Å². The van der Waals surface area contributed by atoms with Crippen LogP contribution >= 0.6 is 0 Å². The van der Waals surface area contributed by atoms with Gasteiger partial charge in [-0.2, -0.15) is 0 Å². The van der Waals surface area contributed by atoms with Crippen LogP contribution in [0.2, 0.25) is 0 Å². The number of hydrogen-bond donors (Lipinski definition) is 10. The number of carbonyl (C=O) groups excluding carboxylic acids is 4. The molecule has 228 valence electrons. The highest BCUT2D eigenvalue weighted by molar-refractivity contribution is 5.90. The predicted octanol–water partition coefficient (Wildman–Crippen LogP) is -5.95. The zero-order chi connectivity index (χ0) is 30.5. The molecule has 2 amide bonds. The fraction of sp³-hybridized carbons (Fsp3) is 0.739. The highest BCUT2D eigenvalue weighted by Crippen LogP contribution is 2.36. The molecule has 0 aliphatic carbocycles. The van der Waals surface area contributed by atoms with Crippen molar-refractivity contribution >= 4 is 23.8 Å². The van der Waals surface area contributed by atoms with Gasteiger partial charge in [-0.15, -0.1) is 0 Å². The van der Waals surface area contributed by atoms with E-state index in [-0.39, 0.29) is 0 Å². The Morgan fingerprint density at radius 3 is 2.15 bits per heavy atom. The number of rotatable bonds is 9. The predicted molar refractivity (Wildman–Crippen MR) is 127 cm³/mol. The third kappa shape index (κ3) is 7.71. The lowest BCUT2D eigenvalue weighted by Gasteiger charge is -2.49. The molecule has 3 aliphatic rings. The molecule has 40 heavy (non-hydrogen) atoms. The number of carbonyl (C=O) groups is 4. The van der Waals surface area contributed by atoms with Crippen molar-refractivity contribution in [1.29, 1.82) is 0 Å². The summed E-state index contributed by atoms with van der Waals surface area (Å²) in [6.07, 6.45) is -10.1. The number of nitrogens with one attached hydrogen (secondary N) is 2. The first-order chi connectivity index (χ1) is 18.6. The van der Waals surface area contributed by atoms with Crippen LogP contribution < -0.4 is 10.6 Å². The summed E-state index contributed by atoms with van der Waals surface area (Å²) in [5, 5.41) is 81.1. The highest BCUT2D eigenvalue weighted by Gasteiger charge is 2.60. The van der Waals surface area contributed by atoms with Crippen molar-refractivity contribution in [2.45, 2.75) is 93.9 Å². The van der Waals surface area contributed by atoms with Crippen molar-refractivity contribution in [3.05, 3.63) is 11.6 Å². The van der Waals surface area contributed by atoms with Gasteiger partial charge in [-0.3, -0.25) is 9.59 Å². The second-order valence-corrected chi connectivity index (χ2v) is 9.66. The Morgan fingerprint density at radius 2 is 1.68 bits per heavy atom. The average Bonchev–Trinajstić information content (AvgIpc) is 3.22. The minimum Gasteiger partial charge on any atom is -0.453 e. The van der Waals surface area contributed by atoms with E-state index in [9.17, 15) is 49.8 Å². The maximum absolute atomic E-state index is 11.6. The molecule has 17 nitrogen and oxygen atoms in total. The quantitative estimate of drug-likeness (QED) is 0.114. The van der Waals surface area contributed by atoms with Crippen molar-refractivity contribution in [3.63, 3.8) is 0 Å². The summed E-state index contributed by atoms with van der Waals surface area (Å²) in [5.41, 5.74) is 0.315. The molecule has 10 N–H and O–H groups in total. The average molecular weight is 581 g/mol. The number of esters is 2. The Balaban J connectivity index is 0.000000280. The van der Waals surface area contributed by atoms with Crippen molar-refractivity contribution < 1.29 is 74.2 Å². The minimum absolute atomic E-state index is 0.315. The maximum Gasteiger partial charge on any atom is 0.367 e. The zero-order valence-corrected chi connectivity index (χ0v) is 21.9. The Labute approximate surface area is 228 Å². The number of cyclic esters (lactones) is 2. The van der Waals surface area contributed by atoms with Crippen LogP contribution in [0.3, 0.4) is 0 Å². The third-order valence-corrected chi connectivity index (χ3v) is 6.41. The minimum atomic E-state index is -2.31. The van der Waals surface area contributed by atoms with Crippen LogP contribution in [0.15, 0.2) is 11.6 Å². The van der Waals surface area contributed by atoms with Gasteiger partial charge in [-0.05, 0) is 13.0 Å². The van der Waals surface area contributed by atoms with E-state index in [1.165, 1.54) is 26.8 Å². The summed E-state index contributed by atoms with van der Waals surface area (Å²) in [6.45, 7) is 2.46. The van der Waals surface area contributed by atoms with Crippen molar-refractivity contribution in [3.8, 4) is 0 Å². The third-order valence-electron chi connectivity index (χ3n) is 6.41. The van der Waals surface area contributed by atoms with E-state index in [1.807, 2.05) is 0 Å². The van der Waals surface area contributed by atoms with Gasteiger partial charge >= 0.3 is 11.9 Å². The first-order valence-electron chi connectivity index (χ1n) is 12.2. The summed E-state index contributed by atoms with van der Waals surface area (Å²) < 4.78 is 15.0. The van der Waals surface area contributed by atoms with Gasteiger partial charge in [-0.1, -0.05) is 0 Å². The van der Waals surface area contributed by atoms with Crippen LogP contribution in [-0.2, 0) is 33.4 Å². The molecule has 0 aromatic carbocycles. The number of amides is 2. The largest absolute Gasteiger partial charge is 0.453 e. The first-order valence-corrected chi connectivity index (χ1v) is 12.2.